The fraction of sp³-hybridized carbons (Fsp3) is 0.368. The van der Waals surface area contributed by atoms with Crippen LogP contribution in [0.5, 0.6) is 0 Å². The van der Waals surface area contributed by atoms with E-state index in [1.165, 1.54) is 11.3 Å². The number of carbonyl (C=O) groups excluding carboxylic acids is 2. The van der Waals surface area contributed by atoms with Gasteiger partial charge in [0.1, 0.15) is 11.5 Å². The average Bonchev–Trinajstić information content (AvgIpc) is 3.35. The summed E-state index contributed by atoms with van der Waals surface area (Å²) in [6, 6.07) is 3.51. The third-order valence-electron chi connectivity index (χ3n) is 4.54. The van der Waals surface area contributed by atoms with Crippen molar-refractivity contribution in [3.05, 3.63) is 40.4 Å². The Bertz CT molecular complexity index is 1010. The summed E-state index contributed by atoms with van der Waals surface area (Å²) in [7, 11) is 0. The summed E-state index contributed by atoms with van der Waals surface area (Å²) in [5, 5.41) is 9.57. The van der Waals surface area contributed by atoms with Crippen molar-refractivity contribution >= 4 is 28.3 Å². The van der Waals surface area contributed by atoms with Crippen LogP contribution in [0.4, 0.5) is 5.13 Å². The van der Waals surface area contributed by atoms with Gasteiger partial charge in [-0.1, -0.05) is 13.8 Å². The molecule has 3 heterocycles. The predicted molar refractivity (Wildman–Crippen MR) is 108 cm³/mol. The normalized spacial score (nSPS) is 11.2. The highest BCUT2D eigenvalue weighted by Gasteiger charge is 2.21. The van der Waals surface area contributed by atoms with Crippen LogP contribution in [-0.4, -0.2) is 26.6 Å². The van der Waals surface area contributed by atoms with Gasteiger partial charge in [-0.25, -0.2) is 4.98 Å². The molecule has 8 nitrogen and oxygen atoms in total. The van der Waals surface area contributed by atoms with Gasteiger partial charge in [-0.3, -0.25) is 19.6 Å². The van der Waals surface area contributed by atoms with Crippen LogP contribution in [0.3, 0.4) is 0 Å². The average molecular weight is 401 g/mol. The van der Waals surface area contributed by atoms with Crippen molar-refractivity contribution in [1.82, 2.24) is 14.8 Å². The van der Waals surface area contributed by atoms with Crippen LogP contribution in [0.1, 0.15) is 65.2 Å². The van der Waals surface area contributed by atoms with Crippen LogP contribution in [0, 0.1) is 13.8 Å². The van der Waals surface area contributed by atoms with Gasteiger partial charge in [0, 0.05) is 10.9 Å². The zero-order chi connectivity index (χ0) is 20.4. The van der Waals surface area contributed by atoms with Crippen LogP contribution in [0.15, 0.2) is 21.9 Å². The van der Waals surface area contributed by atoms with Gasteiger partial charge in [-0.05, 0) is 38.8 Å². The maximum atomic E-state index is 12.8. The highest BCUT2D eigenvalue weighted by Crippen LogP contribution is 2.30. The van der Waals surface area contributed by atoms with E-state index < -0.39 is 5.91 Å². The zero-order valence-corrected chi connectivity index (χ0v) is 17.1. The molecule has 0 aliphatic heterocycles. The first kappa shape index (κ1) is 19.8. The minimum atomic E-state index is -0.636. The molecule has 0 aliphatic carbocycles. The molecule has 28 heavy (non-hydrogen) atoms. The number of hydrogen-bond acceptors (Lipinski definition) is 6. The van der Waals surface area contributed by atoms with E-state index in [0.717, 1.165) is 18.5 Å². The summed E-state index contributed by atoms with van der Waals surface area (Å²) < 4.78 is 7.14. The second-order valence-electron chi connectivity index (χ2n) is 6.52. The molecule has 0 unspecified atom stereocenters. The largest absolute Gasteiger partial charge is 0.456 e. The van der Waals surface area contributed by atoms with Crippen molar-refractivity contribution in [1.29, 1.82) is 0 Å². The van der Waals surface area contributed by atoms with Crippen LogP contribution in [0.25, 0.3) is 11.3 Å². The minimum absolute atomic E-state index is 0.0793. The monoisotopic (exact) mass is 401 g/mol. The third kappa shape index (κ3) is 3.84. The standard InChI is InChI=1S/C19H23N5O3S/c1-5-12(6-2)24-15(7-10(3)23-24)18(26)22-19-21-14(9-28-19)13-8-16(17(20)25)27-11(13)4/h7-9,12H,5-6H2,1-4H3,(H2,20,25)(H,21,22,26). The molecule has 3 N–H and O–H groups in total. The number of nitrogens with two attached hydrogens (primary N) is 1. The first-order chi connectivity index (χ1) is 13.3. The topological polar surface area (TPSA) is 116 Å². The second-order valence-corrected chi connectivity index (χ2v) is 7.38. The number of carbonyl (C=O) groups is 2. The number of furan rings is 1. The lowest BCUT2D eigenvalue weighted by molar-refractivity contribution is 0.0971. The molecule has 0 atom stereocenters. The Labute approximate surface area is 166 Å². The van der Waals surface area contributed by atoms with E-state index in [1.807, 2.05) is 6.92 Å². The van der Waals surface area contributed by atoms with Crippen molar-refractivity contribution in [2.75, 3.05) is 5.32 Å². The lowest BCUT2D eigenvalue weighted by Crippen LogP contribution is -2.20. The summed E-state index contributed by atoms with van der Waals surface area (Å²) in [6.45, 7) is 7.76. The number of primary amides is 1. The molecule has 0 bridgehead atoms. The Hall–Kier alpha value is -2.94. The molecule has 0 radical (unpaired) electrons. The summed E-state index contributed by atoms with van der Waals surface area (Å²) in [5.74, 6) is -0.270. The van der Waals surface area contributed by atoms with Crippen molar-refractivity contribution in [2.24, 2.45) is 5.73 Å². The molecule has 0 aromatic carbocycles. The Morgan fingerprint density at radius 2 is 2.00 bits per heavy atom. The van der Waals surface area contributed by atoms with E-state index in [9.17, 15) is 9.59 Å². The molecular formula is C19H23N5O3S. The van der Waals surface area contributed by atoms with Crippen molar-refractivity contribution < 1.29 is 14.0 Å². The molecule has 0 saturated carbocycles. The van der Waals surface area contributed by atoms with E-state index in [0.29, 0.717) is 27.8 Å². The van der Waals surface area contributed by atoms with Crippen LogP contribution < -0.4 is 11.1 Å². The highest BCUT2D eigenvalue weighted by atomic mass is 32.1. The van der Waals surface area contributed by atoms with Crippen LogP contribution in [0.2, 0.25) is 0 Å². The van der Waals surface area contributed by atoms with E-state index in [1.54, 1.807) is 29.1 Å². The number of rotatable bonds is 7. The second kappa shape index (κ2) is 7.97. The van der Waals surface area contributed by atoms with Gasteiger partial charge in [0.05, 0.1) is 17.4 Å². The van der Waals surface area contributed by atoms with Crippen LogP contribution >= 0.6 is 11.3 Å². The Kier molecular flexibility index (Phi) is 5.64. The Balaban J connectivity index is 1.83. The number of anilines is 1. The molecule has 0 spiro atoms. The number of aromatic nitrogens is 3. The van der Waals surface area contributed by atoms with Crippen molar-refractivity contribution in [2.45, 2.75) is 46.6 Å². The number of amides is 2. The Morgan fingerprint density at radius 3 is 2.61 bits per heavy atom. The minimum Gasteiger partial charge on any atom is -0.456 e. The fourth-order valence-electron chi connectivity index (χ4n) is 3.07. The molecule has 0 aliphatic rings. The van der Waals surface area contributed by atoms with E-state index in [2.05, 4.69) is 29.2 Å². The quantitative estimate of drug-likeness (QED) is 0.622. The lowest BCUT2D eigenvalue weighted by Gasteiger charge is -2.16. The molecular weight excluding hydrogens is 378 g/mol. The molecule has 3 aromatic heterocycles. The SMILES string of the molecule is CCC(CC)n1nc(C)cc1C(=O)Nc1nc(-c2cc(C(N)=O)oc2C)cs1. The number of aryl methyl sites for hydroxylation is 2. The number of nitrogens with one attached hydrogen (secondary N) is 1. The summed E-state index contributed by atoms with van der Waals surface area (Å²) in [4.78, 5) is 28.5. The van der Waals surface area contributed by atoms with Crippen LogP contribution in [-0.2, 0) is 0 Å². The van der Waals surface area contributed by atoms with Crippen molar-refractivity contribution in [3.8, 4) is 11.3 Å². The third-order valence-corrected chi connectivity index (χ3v) is 5.30. The van der Waals surface area contributed by atoms with Gasteiger partial charge < -0.3 is 10.2 Å². The molecule has 3 rings (SSSR count). The molecule has 0 saturated heterocycles. The maximum absolute atomic E-state index is 12.8. The predicted octanol–water partition coefficient (Wildman–Crippen LogP) is 3.93. The smallest absolute Gasteiger partial charge is 0.284 e. The molecule has 2 amide bonds. The Morgan fingerprint density at radius 1 is 1.29 bits per heavy atom. The van der Waals surface area contributed by atoms with E-state index >= 15 is 0 Å². The van der Waals surface area contributed by atoms with Gasteiger partial charge >= 0.3 is 0 Å². The fourth-order valence-corrected chi connectivity index (χ4v) is 3.78. The van der Waals surface area contributed by atoms with E-state index in [4.69, 9.17) is 10.2 Å². The van der Waals surface area contributed by atoms with Gasteiger partial charge in [-0.15, -0.1) is 11.3 Å². The first-order valence-electron chi connectivity index (χ1n) is 9.07. The van der Waals surface area contributed by atoms with Gasteiger partial charge in [0.2, 0.25) is 0 Å². The van der Waals surface area contributed by atoms with E-state index in [-0.39, 0.29) is 17.7 Å². The maximum Gasteiger partial charge on any atom is 0.284 e. The van der Waals surface area contributed by atoms with Crippen molar-refractivity contribution in [3.63, 3.8) is 0 Å². The lowest BCUT2D eigenvalue weighted by atomic mass is 10.1. The van der Waals surface area contributed by atoms with Gasteiger partial charge in [-0.2, -0.15) is 5.10 Å². The number of thiazole rings is 1. The first-order valence-corrected chi connectivity index (χ1v) is 9.95. The summed E-state index contributed by atoms with van der Waals surface area (Å²) in [5.41, 5.74) is 7.85. The molecule has 148 valence electrons. The number of hydrogen-bond donors (Lipinski definition) is 2. The highest BCUT2D eigenvalue weighted by molar-refractivity contribution is 7.14. The molecule has 3 aromatic rings. The molecule has 9 heteroatoms. The molecule has 0 fully saturated rings. The summed E-state index contributed by atoms with van der Waals surface area (Å²) >= 11 is 1.30. The number of nitrogens with zero attached hydrogens (tertiary/aromatic N) is 3. The van der Waals surface area contributed by atoms with Gasteiger partial charge in [0.25, 0.3) is 11.8 Å². The van der Waals surface area contributed by atoms with Gasteiger partial charge in [0.15, 0.2) is 10.9 Å². The zero-order valence-electron chi connectivity index (χ0n) is 16.3. The summed E-state index contributed by atoms with van der Waals surface area (Å²) in [6.07, 6.45) is 1.78.